The number of ether oxygens (including phenoxy) is 1. The van der Waals surface area contributed by atoms with Gasteiger partial charge in [0.25, 0.3) is 5.56 Å². The van der Waals surface area contributed by atoms with Gasteiger partial charge in [-0.2, -0.15) is 0 Å². The van der Waals surface area contributed by atoms with Crippen LogP contribution in [0.1, 0.15) is 18.1 Å². The Morgan fingerprint density at radius 2 is 2.21 bits per heavy atom. The van der Waals surface area contributed by atoms with Gasteiger partial charge in [0.05, 0.1) is 18.7 Å². The summed E-state index contributed by atoms with van der Waals surface area (Å²) in [4.78, 5) is 25.9. The van der Waals surface area contributed by atoms with E-state index in [1.807, 2.05) is 25.1 Å². The lowest BCUT2D eigenvalue weighted by atomic mass is 10.1. The maximum absolute atomic E-state index is 11.9. The van der Waals surface area contributed by atoms with Crippen LogP contribution in [0, 0.1) is 6.92 Å². The van der Waals surface area contributed by atoms with Gasteiger partial charge >= 0.3 is 6.09 Å². The van der Waals surface area contributed by atoms with E-state index in [4.69, 9.17) is 4.74 Å². The van der Waals surface area contributed by atoms with Crippen molar-refractivity contribution in [2.24, 2.45) is 0 Å². The van der Waals surface area contributed by atoms with Crippen LogP contribution in [0.4, 0.5) is 4.79 Å². The molecule has 1 amide bonds. The highest BCUT2D eigenvalue weighted by Gasteiger charge is 2.06. The van der Waals surface area contributed by atoms with Gasteiger partial charge in [-0.3, -0.25) is 4.79 Å². The lowest BCUT2D eigenvalue weighted by Crippen LogP contribution is -2.27. The molecular weight excluding hydrogens is 244 g/mol. The first kappa shape index (κ1) is 13.1. The van der Waals surface area contributed by atoms with E-state index in [0.29, 0.717) is 12.2 Å². The number of rotatable bonds is 3. The minimum atomic E-state index is -0.522. The third-order valence-electron chi connectivity index (χ3n) is 2.86. The molecule has 0 bridgehead atoms. The largest absolute Gasteiger partial charge is 0.450 e. The number of aryl methyl sites for hydroxylation is 1. The average molecular weight is 260 g/mol. The van der Waals surface area contributed by atoms with Gasteiger partial charge in [-0.25, -0.2) is 4.79 Å². The number of H-pyrrole nitrogens is 1. The van der Waals surface area contributed by atoms with E-state index in [1.54, 1.807) is 13.0 Å². The zero-order valence-electron chi connectivity index (χ0n) is 10.9. The molecule has 5 nitrogen and oxygen atoms in total. The first-order valence-corrected chi connectivity index (χ1v) is 6.14. The summed E-state index contributed by atoms with van der Waals surface area (Å²) in [6.45, 7) is 4.12. The summed E-state index contributed by atoms with van der Waals surface area (Å²) in [5.41, 5.74) is 2.15. The molecule has 0 aliphatic rings. The number of para-hydroxylation sites is 1. The molecule has 2 N–H and O–H groups in total. The van der Waals surface area contributed by atoms with Gasteiger partial charge in [0.15, 0.2) is 0 Å². The highest BCUT2D eigenvalue weighted by atomic mass is 16.5. The Balaban J connectivity index is 2.27. The van der Waals surface area contributed by atoms with Crippen LogP contribution in [0.3, 0.4) is 0 Å². The van der Waals surface area contributed by atoms with E-state index in [1.165, 1.54) is 0 Å². The highest BCUT2D eigenvalue weighted by Crippen LogP contribution is 2.14. The van der Waals surface area contributed by atoms with Crippen LogP contribution in [0.2, 0.25) is 0 Å². The van der Waals surface area contributed by atoms with Gasteiger partial charge in [-0.15, -0.1) is 0 Å². The fraction of sp³-hybridized carbons (Fsp3) is 0.286. The van der Waals surface area contributed by atoms with Crippen molar-refractivity contribution in [3.8, 4) is 0 Å². The predicted octanol–water partition coefficient (Wildman–Crippen LogP) is 2.08. The van der Waals surface area contributed by atoms with Crippen LogP contribution in [-0.2, 0) is 11.3 Å². The molecule has 2 aromatic rings. The number of hydrogen-bond donors (Lipinski definition) is 2. The second-order valence-electron chi connectivity index (χ2n) is 4.24. The molecule has 0 fully saturated rings. The smallest absolute Gasteiger partial charge is 0.407 e. The van der Waals surface area contributed by atoms with Gasteiger partial charge in [0.1, 0.15) is 0 Å². The molecule has 0 spiro atoms. The summed E-state index contributed by atoms with van der Waals surface area (Å²) < 4.78 is 4.75. The van der Waals surface area contributed by atoms with Crippen molar-refractivity contribution < 1.29 is 9.53 Å². The molecule has 5 heteroatoms. The van der Waals surface area contributed by atoms with Crippen molar-refractivity contribution in [1.82, 2.24) is 10.3 Å². The topological polar surface area (TPSA) is 71.2 Å². The second kappa shape index (κ2) is 5.56. The molecule has 0 saturated carbocycles. The third kappa shape index (κ3) is 2.93. The molecule has 1 heterocycles. The molecule has 2 rings (SSSR count). The fourth-order valence-electron chi connectivity index (χ4n) is 1.91. The molecule has 0 aliphatic heterocycles. The molecule has 0 radical (unpaired) electrons. The van der Waals surface area contributed by atoms with Crippen molar-refractivity contribution >= 4 is 17.0 Å². The van der Waals surface area contributed by atoms with Crippen LogP contribution in [-0.4, -0.2) is 17.7 Å². The van der Waals surface area contributed by atoms with Crippen molar-refractivity contribution in [2.75, 3.05) is 6.61 Å². The van der Waals surface area contributed by atoms with Crippen molar-refractivity contribution in [3.63, 3.8) is 0 Å². The number of amides is 1. The number of aromatic amines is 1. The number of fused-ring (bicyclic) bond motifs is 1. The molecule has 0 saturated heterocycles. The molecule has 1 aromatic carbocycles. The van der Waals surface area contributed by atoms with Crippen LogP contribution in [0.15, 0.2) is 29.1 Å². The van der Waals surface area contributed by atoms with Crippen LogP contribution in [0.5, 0.6) is 0 Å². The minimum absolute atomic E-state index is 0.151. The summed E-state index contributed by atoms with van der Waals surface area (Å²) in [5.74, 6) is 0. The Bertz CT molecular complexity index is 661. The lowest BCUT2D eigenvalue weighted by molar-refractivity contribution is 0.151. The van der Waals surface area contributed by atoms with E-state index in [9.17, 15) is 9.59 Å². The van der Waals surface area contributed by atoms with E-state index in [2.05, 4.69) is 10.3 Å². The van der Waals surface area contributed by atoms with E-state index >= 15 is 0 Å². The number of pyridine rings is 1. The first-order valence-electron chi connectivity index (χ1n) is 6.14. The quantitative estimate of drug-likeness (QED) is 0.887. The number of nitrogens with one attached hydrogen (secondary N) is 2. The van der Waals surface area contributed by atoms with E-state index in [0.717, 1.165) is 16.5 Å². The average Bonchev–Trinajstić information content (AvgIpc) is 2.38. The Morgan fingerprint density at radius 1 is 1.42 bits per heavy atom. The normalized spacial score (nSPS) is 10.4. The van der Waals surface area contributed by atoms with Crippen LogP contribution >= 0.6 is 0 Å². The standard InChI is InChI=1S/C14H16N2O3/c1-3-19-14(18)15-8-11-7-10-6-4-5-9(2)12(10)16-13(11)17/h4-7H,3,8H2,1-2H3,(H,15,18)(H,16,17). The Morgan fingerprint density at radius 3 is 2.95 bits per heavy atom. The number of carbonyl (C=O) groups is 1. The minimum Gasteiger partial charge on any atom is -0.450 e. The number of carbonyl (C=O) groups excluding carboxylic acids is 1. The number of aromatic nitrogens is 1. The first-order chi connectivity index (χ1) is 9.11. The maximum atomic E-state index is 11.9. The molecule has 0 unspecified atom stereocenters. The summed E-state index contributed by atoms with van der Waals surface area (Å²) in [7, 11) is 0. The molecule has 19 heavy (non-hydrogen) atoms. The van der Waals surface area contributed by atoms with Crippen molar-refractivity contribution in [1.29, 1.82) is 0 Å². The SMILES string of the molecule is CCOC(=O)NCc1cc2cccc(C)c2[nH]c1=O. The van der Waals surface area contributed by atoms with Gasteiger partial charge in [-0.05, 0) is 30.9 Å². The fourth-order valence-corrected chi connectivity index (χ4v) is 1.91. The lowest BCUT2D eigenvalue weighted by Gasteiger charge is -2.07. The van der Waals surface area contributed by atoms with Crippen molar-refractivity contribution in [3.05, 3.63) is 45.7 Å². The number of benzene rings is 1. The molecular formula is C14H16N2O3. The second-order valence-corrected chi connectivity index (χ2v) is 4.24. The number of hydrogen-bond acceptors (Lipinski definition) is 3. The van der Waals surface area contributed by atoms with Gasteiger partial charge < -0.3 is 15.0 Å². The third-order valence-corrected chi connectivity index (χ3v) is 2.86. The monoisotopic (exact) mass is 260 g/mol. The molecule has 1 aromatic heterocycles. The summed E-state index contributed by atoms with van der Waals surface area (Å²) in [6, 6.07) is 7.58. The van der Waals surface area contributed by atoms with Gasteiger partial charge in [-0.1, -0.05) is 18.2 Å². The summed E-state index contributed by atoms with van der Waals surface area (Å²) in [5, 5.41) is 3.48. The summed E-state index contributed by atoms with van der Waals surface area (Å²) >= 11 is 0. The Hall–Kier alpha value is -2.30. The van der Waals surface area contributed by atoms with E-state index < -0.39 is 6.09 Å². The Kier molecular flexibility index (Phi) is 3.85. The molecule has 100 valence electrons. The highest BCUT2D eigenvalue weighted by molar-refractivity contribution is 5.82. The Labute approximate surface area is 110 Å². The van der Waals surface area contributed by atoms with Crippen LogP contribution in [0.25, 0.3) is 10.9 Å². The van der Waals surface area contributed by atoms with Gasteiger partial charge in [0, 0.05) is 5.56 Å². The zero-order valence-corrected chi connectivity index (χ0v) is 10.9. The predicted molar refractivity (Wildman–Crippen MR) is 73.2 cm³/mol. The van der Waals surface area contributed by atoms with Gasteiger partial charge in [0.2, 0.25) is 0 Å². The maximum Gasteiger partial charge on any atom is 0.407 e. The number of alkyl carbamates (subject to hydrolysis) is 1. The van der Waals surface area contributed by atoms with Crippen molar-refractivity contribution in [2.45, 2.75) is 20.4 Å². The summed E-state index contributed by atoms with van der Waals surface area (Å²) in [6.07, 6.45) is -0.522. The zero-order chi connectivity index (χ0) is 13.8. The van der Waals surface area contributed by atoms with E-state index in [-0.39, 0.29) is 12.1 Å². The van der Waals surface area contributed by atoms with Crippen LogP contribution < -0.4 is 10.9 Å². The molecule has 0 aliphatic carbocycles. The molecule has 0 atom stereocenters.